The number of halogens is 2. The van der Waals surface area contributed by atoms with E-state index in [0.29, 0.717) is 0 Å². The van der Waals surface area contributed by atoms with Crippen molar-refractivity contribution >= 4 is 47.9 Å². The minimum atomic E-state index is -0.639. The van der Waals surface area contributed by atoms with Gasteiger partial charge in [-0.1, -0.05) is 0 Å². The van der Waals surface area contributed by atoms with Gasteiger partial charge in [0.15, 0.2) is 0 Å². The largest absolute Gasteiger partial charge is 1.00 e. The second kappa shape index (κ2) is 8.84. The predicted octanol–water partition coefficient (Wildman–Crippen LogP) is -0.876. The molecule has 0 bridgehead atoms. The molecule has 0 unspecified atom stereocenters. The molecule has 4 heavy (non-hydrogen) atoms. The van der Waals surface area contributed by atoms with E-state index in [4.69, 9.17) is 22.2 Å². The van der Waals surface area contributed by atoms with Crippen LogP contribution in [0.25, 0.3) is 0 Å². The Bertz CT molecular complexity index is 9.61. The molecule has 0 saturated carbocycles. The van der Waals surface area contributed by atoms with Crippen LogP contribution in [0.1, 0.15) is 1.43 Å². The monoisotopic (exact) mass is 179 g/mol. The first-order chi connectivity index (χ1) is 1.41. The quantitative estimate of drug-likeness (QED) is 0.334. The Labute approximate surface area is 49.5 Å². The topological polar surface area (TPSA) is 0 Å². The van der Waals surface area contributed by atoms with Crippen LogP contribution in [0.2, 0.25) is 0 Å². The molecule has 0 aliphatic heterocycles. The van der Waals surface area contributed by atoms with Crippen molar-refractivity contribution in [2.45, 2.75) is 0 Å². The van der Waals surface area contributed by atoms with Crippen LogP contribution in [0.5, 0.6) is 0 Å². The molecule has 0 nitrogen and oxygen atoms in total. The fourth-order valence-corrected chi connectivity index (χ4v) is 0. The Hall–Kier alpha value is 1.34. The Morgan fingerprint density at radius 3 is 1.50 bits per heavy atom. The molecule has 0 atom stereocenters. The summed E-state index contributed by atoms with van der Waals surface area (Å²) in [7, 11) is -0.639. The molecule has 0 amide bonds. The maximum absolute atomic E-state index is 4.90. The van der Waals surface area contributed by atoms with E-state index in [-0.39, 0.29) is 19.0 Å². The predicted molar refractivity (Wildman–Crippen MR) is 32.7 cm³/mol. The van der Waals surface area contributed by atoms with Crippen molar-refractivity contribution in [3.8, 4) is 0 Å². The van der Waals surface area contributed by atoms with Crippen LogP contribution in [0.15, 0.2) is 0 Å². The molecule has 0 aromatic rings. The van der Waals surface area contributed by atoms with Crippen LogP contribution < -0.4 is 0 Å². The van der Waals surface area contributed by atoms with Gasteiger partial charge >= 0.3 is 19.0 Å². The maximum atomic E-state index is 4.90. The van der Waals surface area contributed by atoms with Gasteiger partial charge in [0, 0.05) is 0 Å². The third kappa shape index (κ3) is 10.2. The van der Waals surface area contributed by atoms with Crippen molar-refractivity contribution in [2.24, 2.45) is 0 Å². The molecule has 4 heteroatoms. The summed E-state index contributed by atoms with van der Waals surface area (Å²) in [6.07, 6.45) is 0. The third-order valence-electron chi connectivity index (χ3n) is 0. The van der Waals surface area contributed by atoms with Crippen molar-refractivity contribution in [3.05, 3.63) is 0 Å². The van der Waals surface area contributed by atoms with E-state index in [0.717, 1.165) is 0 Å². The summed E-state index contributed by atoms with van der Waals surface area (Å²) in [6.45, 7) is 0. The van der Waals surface area contributed by atoms with E-state index in [1.807, 2.05) is 0 Å². The number of hydrogen-bond donors (Lipinski definition) is 0. The first-order valence-corrected chi connectivity index (χ1v) is 4.81. The van der Waals surface area contributed by atoms with Crippen molar-refractivity contribution in [2.75, 3.05) is 0 Å². The number of rotatable bonds is 0. The van der Waals surface area contributed by atoms with E-state index >= 15 is 0 Å². The maximum Gasteiger partial charge on any atom is 1.00 e. The normalized spacial score (nSPS) is 4.50. The van der Waals surface area contributed by atoms with Gasteiger partial charge in [-0.25, -0.2) is 0 Å². The number of hydrogen-bond acceptors (Lipinski definition) is 0. The molecule has 0 N–H and O–H groups in total. The summed E-state index contributed by atoms with van der Waals surface area (Å²) in [5, 5.41) is 0. The average molecular weight is 179 g/mol. The molecule has 0 rings (SSSR count). The molecule has 0 saturated heterocycles. The van der Waals surface area contributed by atoms with Gasteiger partial charge in [-0.05, 0) is 0 Å². The van der Waals surface area contributed by atoms with Crippen molar-refractivity contribution < 1.29 is 1.43 Å². The Kier molecular flexibility index (Phi) is 19.9. The molecule has 0 spiro atoms. The van der Waals surface area contributed by atoms with Gasteiger partial charge in [0.2, 0.25) is 8.14 Å². The summed E-state index contributed by atoms with van der Waals surface area (Å²) in [5.41, 5.74) is 0. The van der Waals surface area contributed by atoms with E-state index in [1.54, 1.807) is 0 Å². The van der Waals surface area contributed by atoms with Crippen LogP contribution in [-0.4, -0.2) is 25.7 Å². The Morgan fingerprint density at radius 1 is 1.50 bits per heavy atom. The van der Waals surface area contributed by atoms with E-state index in [9.17, 15) is 0 Å². The minimum Gasteiger partial charge on any atom is 1.00 e. The van der Waals surface area contributed by atoms with Crippen LogP contribution in [0, 0.1) is 0 Å². The van der Waals surface area contributed by atoms with Crippen LogP contribution in [0.4, 0.5) is 0 Å². The molecule has 0 aliphatic rings. The fourth-order valence-electron chi connectivity index (χ4n) is 0. The molecular weight excluding hydrogens is 172 g/mol. The Morgan fingerprint density at radius 2 is 1.50 bits per heavy atom. The van der Waals surface area contributed by atoms with Gasteiger partial charge < -0.3 is 0 Å². The molecule has 0 radical (unpaired) electrons. The van der Waals surface area contributed by atoms with E-state index in [2.05, 4.69) is 0 Å². The molecule has 0 aromatic carbocycles. The first-order valence-electron chi connectivity index (χ1n) is 0.535. The van der Waals surface area contributed by atoms with Crippen molar-refractivity contribution in [1.29, 1.82) is 0 Å². The smallest absolute Gasteiger partial charge is 1.00 e. The van der Waals surface area contributed by atoms with Crippen LogP contribution >= 0.6 is 22.2 Å². The zero-order chi connectivity index (χ0) is 2.71. The Balaban J connectivity index is -0.0000000200. The second-order valence-electron chi connectivity index (χ2n) is 0.101. The standard InChI is InChI=1S/Cl2H2Si.GeH4/c1-3-2;/h3H2;1H4/p+1. The molecule has 0 aliphatic carbocycles. The average Bonchev–Trinajstić information content (AvgIpc) is 0.918. The summed E-state index contributed by atoms with van der Waals surface area (Å²) < 4.78 is 0. The summed E-state index contributed by atoms with van der Waals surface area (Å²) >= 11 is 9.81. The molecule has 0 aromatic heterocycles. The first kappa shape index (κ1) is 9.02. The van der Waals surface area contributed by atoms with Crippen LogP contribution in [-0.2, 0) is 0 Å². The summed E-state index contributed by atoms with van der Waals surface area (Å²) in [6, 6.07) is 0. The zero-order valence-electron chi connectivity index (χ0n) is 2.46. The van der Waals surface area contributed by atoms with Gasteiger partial charge in [-0.3, -0.25) is 0 Å². The van der Waals surface area contributed by atoms with Gasteiger partial charge in [-0.2, -0.15) is 22.2 Å². The molecular formula is H7Cl2GeSi+. The van der Waals surface area contributed by atoms with E-state index < -0.39 is 8.14 Å². The third-order valence-corrected chi connectivity index (χ3v) is 0. The molecule has 0 fully saturated rings. The van der Waals surface area contributed by atoms with Gasteiger partial charge in [0.25, 0.3) is 0 Å². The van der Waals surface area contributed by atoms with Gasteiger partial charge in [-0.15, -0.1) is 0 Å². The van der Waals surface area contributed by atoms with Crippen molar-refractivity contribution in [1.82, 2.24) is 0 Å². The summed E-state index contributed by atoms with van der Waals surface area (Å²) in [5.74, 6) is 0. The van der Waals surface area contributed by atoms with Gasteiger partial charge in [0.1, 0.15) is 0 Å². The van der Waals surface area contributed by atoms with Gasteiger partial charge in [0.05, 0.1) is 0 Å². The minimum absolute atomic E-state index is 0. The van der Waals surface area contributed by atoms with Crippen LogP contribution in [0.3, 0.4) is 0 Å². The summed E-state index contributed by atoms with van der Waals surface area (Å²) in [4.78, 5) is 0. The van der Waals surface area contributed by atoms with Crippen molar-refractivity contribution in [3.63, 3.8) is 0 Å². The molecule has 0 heterocycles. The second-order valence-corrected chi connectivity index (χ2v) is 2.73. The molecule has 28 valence electrons. The SMILES string of the molecule is Cl[SiH2]Cl.[GeH4].[H+]. The van der Waals surface area contributed by atoms with E-state index in [1.165, 1.54) is 0 Å². The fraction of sp³-hybridized carbons (Fsp3) is 0. The zero-order valence-corrected chi connectivity index (χ0v) is 4.39.